The molecular weight excluding hydrogens is 337 g/mol. The van der Waals surface area contributed by atoms with Crippen molar-refractivity contribution in [2.45, 2.75) is 6.43 Å². The van der Waals surface area contributed by atoms with E-state index in [0.29, 0.717) is 10.7 Å². The number of rotatable bonds is 3. The molecule has 0 radical (unpaired) electrons. The average Bonchev–Trinajstić information content (AvgIpc) is 2.88. The molecular formula is C13H10Cl2F2N4O. The third-order valence-electron chi connectivity index (χ3n) is 3.48. The summed E-state index contributed by atoms with van der Waals surface area (Å²) in [5.41, 5.74) is 0.554. The Bertz CT molecular complexity index is 716. The molecule has 22 heavy (non-hydrogen) atoms. The summed E-state index contributed by atoms with van der Waals surface area (Å²) >= 11 is 12.1. The predicted octanol–water partition coefficient (Wildman–Crippen LogP) is 2.91. The number of likely N-dealkylation sites (tertiary alicyclic amines) is 1. The van der Waals surface area contributed by atoms with Crippen molar-refractivity contribution in [1.29, 1.82) is 0 Å². The zero-order valence-corrected chi connectivity index (χ0v) is 12.6. The summed E-state index contributed by atoms with van der Waals surface area (Å²) in [6.45, 7) is 0.0376. The first-order chi connectivity index (χ1) is 10.5. The predicted molar refractivity (Wildman–Crippen MR) is 76.8 cm³/mol. The minimum atomic E-state index is -2.42. The Morgan fingerprint density at radius 2 is 2.05 bits per heavy atom. The van der Waals surface area contributed by atoms with Gasteiger partial charge in [0.05, 0.1) is 27.8 Å². The molecule has 3 rings (SSSR count). The van der Waals surface area contributed by atoms with Crippen LogP contribution in [-0.2, 0) is 0 Å². The van der Waals surface area contributed by atoms with E-state index >= 15 is 0 Å². The molecule has 1 aliphatic rings. The number of alkyl halides is 2. The number of hydrogen-bond donors (Lipinski definition) is 0. The lowest BCUT2D eigenvalue weighted by molar-refractivity contribution is -0.0156. The van der Waals surface area contributed by atoms with Crippen molar-refractivity contribution in [2.24, 2.45) is 5.92 Å². The number of carbonyl (C=O) groups excluding carboxylic acids is 1. The molecule has 0 spiro atoms. The second-order valence-electron chi connectivity index (χ2n) is 4.91. The fraction of sp³-hybridized carbons (Fsp3) is 0.308. The van der Waals surface area contributed by atoms with Crippen molar-refractivity contribution in [3.63, 3.8) is 0 Å². The van der Waals surface area contributed by atoms with Gasteiger partial charge in [0.2, 0.25) is 6.43 Å². The highest BCUT2D eigenvalue weighted by Gasteiger charge is 2.38. The van der Waals surface area contributed by atoms with Crippen molar-refractivity contribution in [2.75, 3.05) is 13.1 Å². The Balaban J connectivity index is 1.87. The molecule has 0 N–H and O–H groups in total. The van der Waals surface area contributed by atoms with Gasteiger partial charge in [0.15, 0.2) is 5.69 Å². The van der Waals surface area contributed by atoms with E-state index in [1.165, 1.54) is 15.8 Å². The van der Waals surface area contributed by atoms with Crippen LogP contribution >= 0.6 is 23.2 Å². The highest BCUT2D eigenvalue weighted by atomic mass is 35.5. The summed E-state index contributed by atoms with van der Waals surface area (Å²) in [6.07, 6.45) is -1.15. The zero-order chi connectivity index (χ0) is 15.9. The highest BCUT2D eigenvalue weighted by molar-refractivity contribution is 6.43. The van der Waals surface area contributed by atoms with Gasteiger partial charge >= 0.3 is 0 Å². The van der Waals surface area contributed by atoms with Gasteiger partial charge in [-0.05, 0) is 12.1 Å². The van der Waals surface area contributed by atoms with Gasteiger partial charge in [-0.15, -0.1) is 5.10 Å². The van der Waals surface area contributed by atoms with Gasteiger partial charge in [-0.3, -0.25) is 4.79 Å². The average molecular weight is 347 g/mol. The van der Waals surface area contributed by atoms with Crippen LogP contribution < -0.4 is 0 Å². The quantitative estimate of drug-likeness (QED) is 0.858. The van der Waals surface area contributed by atoms with E-state index in [-0.39, 0.29) is 23.8 Å². The van der Waals surface area contributed by atoms with E-state index in [1.807, 2.05) is 0 Å². The van der Waals surface area contributed by atoms with Gasteiger partial charge < -0.3 is 4.90 Å². The van der Waals surface area contributed by atoms with Gasteiger partial charge in [-0.2, -0.15) is 0 Å². The van der Waals surface area contributed by atoms with Crippen LogP contribution in [0.15, 0.2) is 24.4 Å². The molecule has 0 bridgehead atoms. The van der Waals surface area contributed by atoms with E-state index in [9.17, 15) is 13.6 Å². The Morgan fingerprint density at radius 1 is 1.32 bits per heavy atom. The smallest absolute Gasteiger partial charge is 0.274 e. The summed E-state index contributed by atoms with van der Waals surface area (Å²) in [5, 5.41) is 8.08. The molecule has 116 valence electrons. The molecule has 5 nitrogen and oxygen atoms in total. The van der Waals surface area contributed by atoms with Gasteiger partial charge in [-0.25, -0.2) is 13.5 Å². The summed E-state index contributed by atoms with van der Waals surface area (Å²) < 4.78 is 26.3. The maximum absolute atomic E-state index is 12.5. The SMILES string of the molecule is O=C(c1cnnn1-c1cccc(Cl)c1Cl)N1CC(C(F)F)C1. The topological polar surface area (TPSA) is 51.0 Å². The number of amides is 1. The molecule has 0 saturated carbocycles. The summed E-state index contributed by atoms with van der Waals surface area (Å²) in [5.74, 6) is -1.19. The fourth-order valence-corrected chi connectivity index (χ4v) is 2.59. The van der Waals surface area contributed by atoms with Crippen molar-refractivity contribution >= 4 is 29.1 Å². The molecule has 9 heteroatoms. The highest BCUT2D eigenvalue weighted by Crippen LogP contribution is 2.30. The lowest BCUT2D eigenvalue weighted by atomic mass is 10.0. The number of nitrogens with zero attached hydrogens (tertiary/aromatic N) is 4. The van der Waals surface area contributed by atoms with Crippen LogP contribution in [0.5, 0.6) is 0 Å². The maximum atomic E-state index is 12.5. The summed E-state index contributed by atoms with van der Waals surface area (Å²) in [6, 6.07) is 4.90. The normalized spacial score (nSPS) is 15.2. The molecule has 1 aromatic heterocycles. The summed E-state index contributed by atoms with van der Waals surface area (Å²) in [4.78, 5) is 13.7. The molecule has 1 aromatic carbocycles. The second kappa shape index (κ2) is 5.81. The van der Waals surface area contributed by atoms with Crippen molar-refractivity contribution < 1.29 is 13.6 Å². The van der Waals surface area contributed by atoms with Crippen molar-refractivity contribution in [1.82, 2.24) is 19.9 Å². The van der Waals surface area contributed by atoms with E-state index in [2.05, 4.69) is 10.3 Å². The third-order valence-corrected chi connectivity index (χ3v) is 4.29. The maximum Gasteiger partial charge on any atom is 0.274 e. The van der Waals surface area contributed by atoms with Crippen LogP contribution in [0.1, 0.15) is 10.5 Å². The van der Waals surface area contributed by atoms with Crippen molar-refractivity contribution in [3.8, 4) is 5.69 Å². The van der Waals surface area contributed by atoms with Gasteiger partial charge in [0.25, 0.3) is 5.91 Å². The molecule has 2 aromatic rings. The van der Waals surface area contributed by atoms with Crippen molar-refractivity contribution in [3.05, 3.63) is 40.1 Å². The number of benzene rings is 1. The first-order valence-electron chi connectivity index (χ1n) is 6.41. The molecule has 0 atom stereocenters. The molecule has 0 aliphatic carbocycles. The van der Waals surface area contributed by atoms with Crippen LogP contribution in [-0.4, -0.2) is 45.3 Å². The standard InChI is InChI=1S/C13H10Cl2F2N4O/c14-8-2-1-3-9(11(8)15)21-10(4-18-19-21)13(22)20-5-7(6-20)12(16)17/h1-4,7,12H,5-6H2. The van der Waals surface area contributed by atoms with Gasteiger partial charge in [-0.1, -0.05) is 34.5 Å². The number of carbonyl (C=O) groups is 1. The first-order valence-corrected chi connectivity index (χ1v) is 7.17. The Morgan fingerprint density at radius 3 is 2.73 bits per heavy atom. The molecule has 1 amide bonds. The largest absolute Gasteiger partial charge is 0.336 e. The number of aromatic nitrogens is 3. The van der Waals surface area contributed by atoms with E-state index in [1.54, 1.807) is 18.2 Å². The monoisotopic (exact) mass is 346 g/mol. The zero-order valence-electron chi connectivity index (χ0n) is 11.1. The lowest BCUT2D eigenvalue weighted by Crippen LogP contribution is -2.53. The minimum Gasteiger partial charge on any atom is -0.336 e. The van der Waals surface area contributed by atoms with Crippen LogP contribution in [0.4, 0.5) is 8.78 Å². The van der Waals surface area contributed by atoms with Crippen LogP contribution in [0, 0.1) is 5.92 Å². The van der Waals surface area contributed by atoms with E-state index < -0.39 is 18.3 Å². The van der Waals surface area contributed by atoms with E-state index in [4.69, 9.17) is 23.2 Å². The van der Waals surface area contributed by atoms with Crippen LogP contribution in [0.2, 0.25) is 10.0 Å². The first kappa shape index (κ1) is 15.2. The van der Waals surface area contributed by atoms with Gasteiger partial charge in [0.1, 0.15) is 0 Å². The minimum absolute atomic E-state index is 0.0188. The second-order valence-corrected chi connectivity index (χ2v) is 5.69. The van der Waals surface area contributed by atoms with Crippen LogP contribution in [0.25, 0.3) is 5.69 Å². The molecule has 1 fully saturated rings. The molecule has 2 heterocycles. The lowest BCUT2D eigenvalue weighted by Gasteiger charge is -2.38. The molecule has 1 aliphatic heterocycles. The van der Waals surface area contributed by atoms with Gasteiger partial charge in [0, 0.05) is 13.1 Å². The fourth-order valence-electron chi connectivity index (χ4n) is 2.21. The van der Waals surface area contributed by atoms with Crippen LogP contribution in [0.3, 0.4) is 0 Å². The Kier molecular flexibility index (Phi) is 4.01. The molecule has 1 saturated heterocycles. The third kappa shape index (κ3) is 2.55. The number of halogens is 4. The Hall–Kier alpha value is -1.73. The molecule has 0 unspecified atom stereocenters. The van der Waals surface area contributed by atoms with E-state index in [0.717, 1.165) is 0 Å². The summed E-state index contributed by atoms with van der Waals surface area (Å²) in [7, 11) is 0. The Labute approximate surface area is 134 Å². The number of hydrogen-bond acceptors (Lipinski definition) is 3.